The van der Waals surface area contributed by atoms with Gasteiger partial charge in [-0.25, -0.2) is 15.2 Å². The molecular formula is C11H22N2O4. The number of nitrogens with one attached hydrogen (secondary N) is 1. The lowest BCUT2D eigenvalue weighted by Gasteiger charge is -2.26. The number of rotatable bonds is 5. The molecule has 0 radical (unpaired) electrons. The summed E-state index contributed by atoms with van der Waals surface area (Å²) in [5.74, 6) is -0.287. The summed E-state index contributed by atoms with van der Waals surface area (Å²) >= 11 is 0. The maximum Gasteiger partial charge on any atom is 0.424 e. The minimum atomic E-state index is -0.533. The number of carbonyl (C=O) groups is 2. The Hall–Kier alpha value is -1.30. The van der Waals surface area contributed by atoms with E-state index in [2.05, 4.69) is 10.2 Å². The van der Waals surface area contributed by atoms with Crippen molar-refractivity contribution in [2.45, 2.75) is 39.2 Å². The third-order valence-corrected chi connectivity index (χ3v) is 1.87. The average Bonchev–Trinajstić information content (AvgIpc) is 2.21. The monoisotopic (exact) mass is 246 g/mol. The highest BCUT2D eigenvalue weighted by molar-refractivity contribution is 5.69. The molecule has 0 bridgehead atoms. The van der Waals surface area contributed by atoms with Crippen LogP contribution in [0.1, 0.15) is 33.6 Å². The molecule has 1 N–H and O–H groups in total. The van der Waals surface area contributed by atoms with Crippen LogP contribution in [0.4, 0.5) is 4.79 Å². The molecule has 0 atom stereocenters. The Kier molecular flexibility index (Phi) is 6.57. The summed E-state index contributed by atoms with van der Waals surface area (Å²) in [6.07, 6.45) is 0.342. The van der Waals surface area contributed by atoms with Gasteiger partial charge in [-0.05, 0) is 27.2 Å². The van der Waals surface area contributed by atoms with E-state index in [1.165, 1.54) is 12.1 Å². The molecule has 0 spiro atoms. The van der Waals surface area contributed by atoms with Crippen molar-refractivity contribution < 1.29 is 19.1 Å². The fourth-order valence-electron chi connectivity index (χ4n) is 1.09. The predicted octanol–water partition coefficient (Wildman–Crippen LogP) is 1.31. The highest BCUT2D eigenvalue weighted by Gasteiger charge is 2.21. The summed E-state index contributed by atoms with van der Waals surface area (Å²) in [5, 5.41) is 1.33. The van der Waals surface area contributed by atoms with E-state index in [0.29, 0.717) is 13.0 Å². The summed E-state index contributed by atoms with van der Waals surface area (Å²) in [7, 11) is 2.97. The molecule has 1 amide bonds. The van der Waals surface area contributed by atoms with Crippen molar-refractivity contribution in [2.75, 3.05) is 20.7 Å². The van der Waals surface area contributed by atoms with E-state index in [4.69, 9.17) is 4.74 Å². The van der Waals surface area contributed by atoms with Gasteiger partial charge in [-0.1, -0.05) is 0 Å². The first-order valence-corrected chi connectivity index (χ1v) is 5.55. The van der Waals surface area contributed by atoms with Crippen LogP contribution >= 0.6 is 0 Å². The van der Waals surface area contributed by atoms with Crippen molar-refractivity contribution in [3.8, 4) is 0 Å². The molecule has 0 aromatic heterocycles. The van der Waals surface area contributed by atoms with Crippen LogP contribution in [0.25, 0.3) is 0 Å². The molecule has 0 aromatic rings. The summed E-state index contributed by atoms with van der Waals surface area (Å²) in [6, 6.07) is 0. The van der Waals surface area contributed by atoms with Crippen molar-refractivity contribution in [3.63, 3.8) is 0 Å². The molecule has 6 nitrogen and oxygen atoms in total. The zero-order valence-electron chi connectivity index (χ0n) is 11.2. The Bertz CT molecular complexity index is 261. The third-order valence-electron chi connectivity index (χ3n) is 1.87. The van der Waals surface area contributed by atoms with Gasteiger partial charge < -0.3 is 9.47 Å². The van der Waals surface area contributed by atoms with Gasteiger partial charge in [-0.3, -0.25) is 4.79 Å². The van der Waals surface area contributed by atoms with Crippen LogP contribution in [0.3, 0.4) is 0 Å². The van der Waals surface area contributed by atoms with Gasteiger partial charge in [-0.15, -0.1) is 0 Å². The Labute approximate surface area is 102 Å². The SMILES string of the molecule is CNN(CCCC(=O)OC)C(=O)OC(C)(C)C. The molecule has 0 saturated carbocycles. The third kappa shape index (κ3) is 7.57. The van der Waals surface area contributed by atoms with Crippen LogP contribution < -0.4 is 5.43 Å². The highest BCUT2D eigenvalue weighted by Crippen LogP contribution is 2.09. The largest absolute Gasteiger partial charge is 0.469 e. The Balaban J connectivity index is 4.06. The first-order valence-electron chi connectivity index (χ1n) is 5.55. The number of ether oxygens (including phenoxy) is 2. The normalized spacial score (nSPS) is 10.9. The average molecular weight is 246 g/mol. The second-order valence-corrected chi connectivity index (χ2v) is 4.54. The lowest BCUT2D eigenvalue weighted by molar-refractivity contribution is -0.140. The van der Waals surface area contributed by atoms with Crippen molar-refractivity contribution in [1.29, 1.82) is 0 Å². The molecule has 0 aliphatic heterocycles. The molecule has 0 heterocycles. The van der Waals surface area contributed by atoms with Crippen molar-refractivity contribution in [1.82, 2.24) is 10.4 Å². The number of hydrazine groups is 1. The zero-order valence-corrected chi connectivity index (χ0v) is 11.2. The molecule has 0 rings (SSSR count). The minimum Gasteiger partial charge on any atom is -0.469 e. The second-order valence-electron chi connectivity index (χ2n) is 4.54. The van der Waals surface area contributed by atoms with Gasteiger partial charge in [0.05, 0.1) is 7.11 Å². The Morgan fingerprint density at radius 2 is 1.88 bits per heavy atom. The van der Waals surface area contributed by atoms with Crippen molar-refractivity contribution in [3.05, 3.63) is 0 Å². The number of esters is 1. The smallest absolute Gasteiger partial charge is 0.424 e. The molecular weight excluding hydrogens is 224 g/mol. The first-order chi connectivity index (χ1) is 7.80. The molecule has 0 unspecified atom stereocenters. The lowest BCUT2D eigenvalue weighted by Crippen LogP contribution is -2.44. The number of amides is 1. The van der Waals surface area contributed by atoms with Gasteiger partial charge in [0.25, 0.3) is 0 Å². The van der Waals surface area contributed by atoms with E-state index in [0.717, 1.165) is 0 Å². The molecule has 0 aliphatic rings. The maximum absolute atomic E-state index is 11.7. The van der Waals surface area contributed by atoms with Crippen LogP contribution in [0.15, 0.2) is 0 Å². The van der Waals surface area contributed by atoms with E-state index < -0.39 is 11.7 Å². The van der Waals surface area contributed by atoms with E-state index in [-0.39, 0.29) is 12.4 Å². The zero-order chi connectivity index (χ0) is 13.5. The fourth-order valence-corrected chi connectivity index (χ4v) is 1.09. The maximum atomic E-state index is 11.7. The quantitative estimate of drug-likeness (QED) is 0.585. The van der Waals surface area contributed by atoms with Gasteiger partial charge >= 0.3 is 12.1 Å². The lowest BCUT2D eigenvalue weighted by atomic mass is 10.2. The Morgan fingerprint density at radius 3 is 2.29 bits per heavy atom. The van der Waals surface area contributed by atoms with Gasteiger partial charge in [0, 0.05) is 20.0 Å². The number of hydrogen-bond acceptors (Lipinski definition) is 5. The highest BCUT2D eigenvalue weighted by atomic mass is 16.6. The van der Waals surface area contributed by atoms with Crippen LogP contribution in [0, 0.1) is 0 Å². The van der Waals surface area contributed by atoms with Crippen molar-refractivity contribution in [2.24, 2.45) is 0 Å². The van der Waals surface area contributed by atoms with Crippen LogP contribution in [0.2, 0.25) is 0 Å². The predicted molar refractivity (Wildman–Crippen MR) is 63.2 cm³/mol. The van der Waals surface area contributed by atoms with Crippen molar-refractivity contribution >= 4 is 12.1 Å². The number of nitrogens with zero attached hydrogens (tertiary/aromatic N) is 1. The second kappa shape index (κ2) is 7.11. The standard InChI is InChI=1S/C11H22N2O4/c1-11(2,3)17-10(15)13(12-4)8-6-7-9(14)16-5/h12H,6-8H2,1-5H3. The van der Waals surface area contributed by atoms with E-state index in [9.17, 15) is 9.59 Å². The van der Waals surface area contributed by atoms with E-state index in [1.807, 2.05) is 0 Å². The number of methoxy groups -OCH3 is 1. The van der Waals surface area contributed by atoms with Gasteiger partial charge in [0.1, 0.15) is 5.60 Å². The topological polar surface area (TPSA) is 67.9 Å². The van der Waals surface area contributed by atoms with E-state index in [1.54, 1.807) is 27.8 Å². The summed E-state index contributed by atoms with van der Waals surface area (Å²) in [4.78, 5) is 22.6. The van der Waals surface area contributed by atoms with Gasteiger partial charge in [-0.2, -0.15) is 0 Å². The fraction of sp³-hybridized carbons (Fsp3) is 0.818. The minimum absolute atomic E-state index is 0.275. The molecule has 0 fully saturated rings. The summed E-state index contributed by atoms with van der Waals surface area (Å²) in [5.41, 5.74) is 2.19. The number of carbonyl (C=O) groups excluding carboxylic acids is 2. The molecule has 0 saturated heterocycles. The van der Waals surface area contributed by atoms with Gasteiger partial charge in [0.2, 0.25) is 0 Å². The van der Waals surface area contributed by atoms with Crippen LogP contribution in [-0.4, -0.2) is 43.4 Å². The molecule has 6 heteroatoms. The molecule has 0 aromatic carbocycles. The summed E-state index contributed by atoms with van der Waals surface area (Å²) in [6.45, 7) is 5.79. The first kappa shape index (κ1) is 15.7. The summed E-state index contributed by atoms with van der Waals surface area (Å²) < 4.78 is 9.70. The van der Waals surface area contributed by atoms with E-state index >= 15 is 0 Å². The van der Waals surface area contributed by atoms with Gasteiger partial charge in [0.15, 0.2) is 0 Å². The Morgan fingerprint density at radius 1 is 1.29 bits per heavy atom. The van der Waals surface area contributed by atoms with Crippen LogP contribution in [0.5, 0.6) is 0 Å². The molecule has 0 aliphatic carbocycles. The number of hydrogen-bond donors (Lipinski definition) is 1. The molecule has 17 heavy (non-hydrogen) atoms. The molecule has 100 valence electrons. The van der Waals surface area contributed by atoms with Crippen LogP contribution in [-0.2, 0) is 14.3 Å².